The molecule has 0 unspecified atom stereocenters. The molecule has 2 aliphatic rings. The van der Waals surface area contributed by atoms with Gasteiger partial charge in [0, 0.05) is 43.0 Å². The van der Waals surface area contributed by atoms with Crippen LogP contribution in [0.5, 0.6) is 6.01 Å². The lowest BCUT2D eigenvalue weighted by atomic mass is 9.95. The molecule has 2 saturated heterocycles. The van der Waals surface area contributed by atoms with Gasteiger partial charge in [0.1, 0.15) is 18.5 Å². The molecule has 2 atom stereocenters. The van der Waals surface area contributed by atoms with Crippen LogP contribution in [0.1, 0.15) is 24.0 Å². The van der Waals surface area contributed by atoms with E-state index in [2.05, 4.69) is 60.6 Å². The maximum Gasteiger partial charge on any atom is 0.319 e. The number of piperazine rings is 1. The molecule has 0 radical (unpaired) electrons. The number of benzene rings is 2. The number of likely N-dealkylation sites (tertiary alicyclic amines) is 1. The fourth-order valence-electron chi connectivity index (χ4n) is 6.58. The van der Waals surface area contributed by atoms with Crippen molar-refractivity contribution in [1.29, 1.82) is 0 Å². The number of fused-ring (bicyclic) bond motifs is 2. The Kier molecular flexibility index (Phi) is 8.15. The topological polar surface area (TPSA) is 79.1 Å². The first-order chi connectivity index (χ1) is 21.3. The number of carbonyl (C=O) groups excluding carboxylic acids is 1. The predicted molar refractivity (Wildman–Crippen MR) is 170 cm³/mol. The van der Waals surface area contributed by atoms with Gasteiger partial charge < -0.3 is 24.3 Å². The second-order valence-corrected chi connectivity index (χ2v) is 11.7. The average Bonchev–Trinajstić information content (AvgIpc) is 3.44. The predicted octanol–water partition coefficient (Wildman–Crippen LogP) is 5.35. The Labute approximate surface area is 256 Å². The van der Waals surface area contributed by atoms with Crippen molar-refractivity contribution < 1.29 is 13.9 Å². The fraction of sp³-hybridized carbons (Fsp3) is 0.382. The summed E-state index contributed by atoms with van der Waals surface area (Å²) in [6.45, 7) is 17.3. The standard InChI is InChI=1S/C34H36FN7O2/c1-21-9-6-10-24-11-7-13-27(29(21)24)30-22(2)31-28(18-37-30)32(39-34(38-31)44-20-25-12-8-14-40(25)5)41-15-16-42(33(43)23(3)35)26(19-41)17-36-4/h6-7,9-11,13,18,25-26H,3,8,12,14-17,19-20H2,1-2,5H3/t25-,26-/m0/s1. The van der Waals surface area contributed by atoms with Gasteiger partial charge in [0.2, 0.25) is 6.54 Å². The monoisotopic (exact) mass is 593 g/mol. The molecule has 0 saturated carbocycles. The van der Waals surface area contributed by atoms with E-state index >= 15 is 0 Å². The SMILES string of the molecule is [C-]#[N+]C[C@H]1CN(c2nc(OC[C@@H]3CCCN3C)nc3c(C)c(-c4cccc5cccc(C)c45)ncc23)CCN1C(=O)C(=C)F. The van der Waals surface area contributed by atoms with Crippen molar-refractivity contribution in [2.45, 2.75) is 38.8 Å². The van der Waals surface area contributed by atoms with Gasteiger partial charge in [0.25, 0.3) is 5.91 Å². The van der Waals surface area contributed by atoms with Crippen LogP contribution in [0.15, 0.2) is 55.0 Å². The Bertz CT molecular complexity index is 1800. The number of aryl methyl sites for hydroxylation is 2. The van der Waals surface area contributed by atoms with Crippen LogP contribution in [0, 0.1) is 20.4 Å². The zero-order valence-electron chi connectivity index (χ0n) is 25.4. The number of pyridine rings is 1. The normalized spacial score (nSPS) is 19.0. The van der Waals surface area contributed by atoms with Crippen molar-refractivity contribution in [3.05, 3.63) is 77.5 Å². The van der Waals surface area contributed by atoms with Gasteiger partial charge in [-0.2, -0.15) is 9.97 Å². The molecule has 2 aromatic heterocycles. The average molecular weight is 594 g/mol. The van der Waals surface area contributed by atoms with Crippen LogP contribution in [-0.2, 0) is 4.79 Å². The Morgan fingerprint density at radius 1 is 1.14 bits per heavy atom. The van der Waals surface area contributed by atoms with Crippen LogP contribution < -0.4 is 9.64 Å². The molecular formula is C34H36FN7O2. The van der Waals surface area contributed by atoms with E-state index in [1.54, 1.807) is 0 Å². The van der Waals surface area contributed by atoms with E-state index in [0.29, 0.717) is 25.5 Å². The highest BCUT2D eigenvalue weighted by molar-refractivity contribution is 6.02. The number of rotatable bonds is 7. The molecular weight excluding hydrogens is 557 g/mol. The van der Waals surface area contributed by atoms with Crippen molar-refractivity contribution in [1.82, 2.24) is 24.8 Å². The van der Waals surface area contributed by atoms with E-state index < -0.39 is 17.8 Å². The number of ether oxygens (including phenoxy) is 1. The summed E-state index contributed by atoms with van der Waals surface area (Å²) < 4.78 is 20.1. The summed E-state index contributed by atoms with van der Waals surface area (Å²) in [4.78, 5) is 36.6. The molecule has 44 heavy (non-hydrogen) atoms. The summed E-state index contributed by atoms with van der Waals surface area (Å²) in [5.41, 5.74) is 4.68. The molecule has 0 spiro atoms. The minimum absolute atomic E-state index is 0.0395. The Morgan fingerprint density at radius 3 is 2.66 bits per heavy atom. The summed E-state index contributed by atoms with van der Waals surface area (Å²) in [6.07, 6.45) is 3.99. The summed E-state index contributed by atoms with van der Waals surface area (Å²) in [5.74, 6) is -1.17. The van der Waals surface area contributed by atoms with Crippen LogP contribution in [0.2, 0.25) is 0 Å². The first-order valence-corrected chi connectivity index (χ1v) is 15.0. The van der Waals surface area contributed by atoms with Gasteiger partial charge in [-0.1, -0.05) is 43.0 Å². The molecule has 10 heteroatoms. The summed E-state index contributed by atoms with van der Waals surface area (Å²) in [5, 5.41) is 3.05. The minimum atomic E-state index is -1.02. The number of amides is 1. The van der Waals surface area contributed by atoms with Gasteiger partial charge in [-0.15, -0.1) is 0 Å². The number of carbonyl (C=O) groups is 1. The Balaban J connectivity index is 1.45. The molecule has 2 aliphatic heterocycles. The number of likely N-dealkylation sites (N-methyl/N-ethyl adjacent to an activating group) is 1. The molecule has 226 valence electrons. The molecule has 9 nitrogen and oxygen atoms in total. The quantitative estimate of drug-likeness (QED) is 0.211. The lowest BCUT2D eigenvalue weighted by Gasteiger charge is -2.39. The molecule has 2 fully saturated rings. The summed E-state index contributed by atoms with van der Waals surface area (Å²) in [6, 6.07) is 12.6. The van der Waals surface area contributed by atoms with Crippen molar-refractivity contribution in [2.24, 2.45) is 0 Å². The fourth-order valence-corrected chi connectivity index (χ4v) is 6.58. The maximum absolute atomic E-state index is 13.8. The molecule has 0 aliphatic carbocycles. The third-order valence-corrected chi connectivity index (χ3v) is 8.96. The largest absolute Gasteiger partial charge is 0.462 e. The van der Waals surface area contributed by atoms with Crippen LogP contribution in [0.4, 0.5) is 10.2 Å². The second-order valence-electron chi connectivity index (χ2n) is 11.7. The van der Waals surface area contributed by atoms with E-state index in [0.717, 1.165) is 57.9 Å². The highest BCUT2D eigenvalue weighted by atomic mass is 19.1. The number of aromatic nitrogens is 3. The van der Waals surface area contributed by atoms with E-state index in [4.69, 9.17) is 26.3 Å². The molecule has 4 aromatic rings. The number of hydrogen-bond donors (Lipinski definition) is 0. The number of anilines is 1. The second kappa shape index (κ2) is 12.2. The summed E-state index contributed by atoms with van der Waals surface area (Å²) in [7, 11) is 2.10. The van der Waals surface area contributed by atoms with Gasteiger partial charge in [-0.3, -0.25) is 9.78 Å². The molecule has 4 heterocycles. The molecule has 1 amide bonds. The first kappa shape index (κ1) is 29.5. The minimum Gasteiger partial charge on any atom is -0.462 e. The van der Waals surface area contributed by atoms with E-state index in [9.17, 15) is 9.18 Å². The number of hydrogen-bond acceptors (Lipinski definition) is 7. The Hall–Kier alpha value is -4.62. The van der Waals surface area contributed by atoms with Crippen LogP contribution in [0.3, 0.4) is 0 Å². The summed E-state index contributed by atoms with van der Waals surface area (Å²) >= 11 is 0. The van der Waals surface area contributed by atoms with E-state index in [1.807, 2.05) is 24.1 Å². The lowest BCUT2D eigenvalue weighted by molar-refractivity contribution is -0.131. The van der Waals surface area contributed by atoms with Crippen LogP contribution >= 0.6 is 0 Å². The van der Waals surface area contributed by atoms with Crippen molar-refractivity contribution in [3.63, 3.8) is 0 Å². The first-order valence-electron chi connectivity index (χ1n) is 15.0. The molecule has 0 bridgehead atoms. The van der Waals surface area contributed by atoms with Gasteiger partial charge in [0.15, 0.2) is 5.83 Å². The van der Waals surface area contributed by atoms with Gasteiger partial charge in [-0.25, -0.2) is 11.0 Å². The highest BCUT2D eigenvalue weighted by Gasteiger charge is 2.35. The van der Waals surface area contributed by atoms with Gasteiger partial charge in [-0.05, 0) is 56.6 Å². The molecule has 0 N–H and O–H groups in total. The van der Waals surface area contributed by atoms with Gasteiger partial charge in [0.05, 0.1) is 16.6 Å². The maximum atomic E-state index is 13.8. The lowest BCUT2D eigenvalue weighted by Crippen LogP contribution is -2.56. The van der Waals surface area contributed by atoms with Crippen molar-refractivity contribution >= 4 is 33.4 Å². The zero-order chi connectivity index (χ0) is 31.0. The zero-order valence-corrected chi connectivity index (χ0v) is 25.4. The number of nitrogens with zero attached hydrogens (tertiary/aromatic N) is 7. The van der Waals surface area contributed by atoms with Crippen molar-refractivity contribution in [3.8, 4) is 17.3 Å². The Morgan fingerprint density at radius 2 is 1.93 bits per heavy atom. The third kappa shape index (κ3) is 5.44. The third-order valence-electron chi connectivity index (χ3n) is 8.96. The van der Waals surface area contributed by atoms with Crippen LogP contribution in [0.25, 0.3) is 37.8 Å². The van der Waals surface area contributed by atoms with Crippen molar-refractivity contribution in [2.75, 3.05) is 51.3 Å². The molecule has 2 aromatic carbocycles. The number of halogens is 1. The van der Waals surface area contributed by atoms with Gasteiger partial charge >= 0.3 is 6.01 Å². The highest BCUT2D eigenvalue weighted by Crippen LogP contribution is 2.37. The van der Waals surface area contributed by atoms with E-state index in [-0.39, 0.29) is 25.1 Å². The van der Waals surface area contributed by atoms with Crippen LogP contribution in [-0.4, -0.2) is 89.1 Å². The molecule has 6 rings (SSSR count). The smallest absolute Gasteiger partial charge is 0.319 e. The van der Waals surface area contributed by atoms with E-state index in [1.165, 1.54) is 10.5 Å².